The van der Waals surface area contributed by atoms with E-state index in [9.17, 15) is 14.4 Å². The lowest BCUT2D eigenvalue weighted by molar-refractivity contribution is -0.121. The molecule has 0 atom stereocenters. The monoisotopic (exact) mass is 410 g/mol. The fraction of sp³-hybridized carbons (Fsp3) is 0.188. The van der Waals surface area contributed by atoms with Gasteiger partial charge in [-0.25, -0.2) is 4.79 Å². The molecule has 126 valence electrons. The normalized spacial score (nSPS) is 10.2. The topological polar surface area (TPSA) is 89.7 Å². The molecule has 2 aromatic rings. The van der Waals surface area contributed by atoms with Crippen LogP contribution in [-0.4, -0.2) is 30.9 Å². The molecule has 0 saturated carbocycles. The van der Waals surface area contributed by atoms with Gasteiger partial charge in [0, 0.05) is 18.7 Å². The Morgan fingerprint density at radius 1 is 1.12 bits per heavy atom. The van der Waals surface area contributed by atoms with Crippen LogP contribution >= 0.6 is 27.3 Å². The first kappa shape index (κ1) is 18.2. The average Bonchev–Trinajstić information content (AvgIpc) is 3.00. The zero-order valence-corrected chi connectivity index (χ0v) is 15.0. The molecule has 2 amide bonds. The first-order valence-electron chi connectivity index (χ1n) is 7.03. The summed E-state index contributed by atoms with van der Waals surface area (Å²) in [6.07, 6.45) is 0.0203. The van der Waals surface area contributed by atoms with Crippen molar-refractivity contribution in [2.45, 2.75) is 6.42 Å². The number of benzene rings is 1. The molecule has 0 saturated heterocycles. The summed E-state index contributed by atoms with van der Waals surface area (Å²) in [5.41, 5.74) is 5.76. The third-order valence-electron chi connectivity index (χ3n) is 3.05. The van der Waals surface area contributed by atoms with Gasteiger partial charge >= 0.3 is 5.97 Å². The van der Waals surface area contributed by atoms with Crippen molar-refractivity contribution in [2.24, 2.45) is 5.73 Å². The van der Waals surface area contributed by atoms with Crippen LogP contribution in [0.15, 0.2) is 46.3 Å². The number of anilines is 1. The predicted octanol–water partition coefficient (Wildman–Crippen LogP) is 2.58. The van der Waals surface area contributed by atoms with Crippen LogP contribution in [0.5, 0.6) is 0 Å². The predicted molar refractivity (Wildman–Crippen MR) is 94.9 cm³/mol. The van der Waals surface area contributed by atoms with Gasteiger partial charge in [0.15, 0.2) is 6.61 Å². The van der Waals surface area contributed by atoms with Crippen LogP contribution in [0.3, 0.4) is 0 Å². The molecule has 1 aromatic carbocycles. The van der Waals surface area contributed by atoms with E-state index < -0.39 is 24.4 Å². The number of thiophene rings is 1. The zero-order valence-electron chi connectivity index (χ0n) is 12.6. The number of para-hydroxylation sites is 1. The van der Waals surface area contributed by atoms with Crippen LogP contribution in [0.25, 0.3) is 0 Å². The minimum atomic E-state index is -0.568. The first-order chi connectivity index (χ1) is 11.5. The number of carbonyl (C=O) groups excluding carboxylic acids is 3. The van der Waals surface area contributed by atoms with Gasteiger partial charge in [0.1, 0.15) is 4.88 Å². The molecule has 6 nitrogen and oxygen atoms in total. The van der Waals surface area contributed by atoms with Crippen molar-refractivity contribution in [1.29, 1.82) is 0 Å². The van der Waals surface area contributed by atoms with E-state index in [1.54, 1.807) is 36.4 Å². The average molecular weight is 411 g/mol. The first-order valence-corrected chi connectivity index (χ1v) is 8.64. The summed E-state index contributed by atoms with van der Waals surface area (Å²) in [6, 6.07) is 12.2. The van der Waals surface area contributed by atoms with Gasteiger partial charge in [-0.1, -0.05) is 18.2 Å². The van der Waals surface area contributed by atoms with E-state index >= 15 is 0 Å². The van der Waals surface area contributed by atoms with Gasteiger partial charge in [-0.2, -0.15) is 0 Å². The summed E-state index contributed by atoms with van der Waals surface area (Å²) < 4.78 is 5.85. The van der Waals surface area contributed by atoms with Crippen LogP contribution < -0.4 is 10.6 Å². The van der Waals surface area contributed by atoms with Gasteiger partial charge in [0.25, 0.3) is 5.91 Å². The minimum absolute atomic E-state index is 0.0203. The molecule has 1 heterocycles. The fourth-order valence-electron chi connectivity index (χ4n) is 1.93. The number of esters is 1. The molecule has 0 aliphatic heterocycles. The maximum atomic E-state index is 12.4. The second-order valence-electron chi connectivity index (χ2n) is 4.78. The highest BCUT2D eigenvalue weighted by Gasteiger charge is 2.19. The second kappa shape index (κ2) is 8.60. The molecule has 0 radical (unpaired) electrons. The van der Waals surface area contributed by atoms with Crippen LogP contribution in [0.4, 0.5) is 5.69 Å². The molecular weight excluding hydrogens is 396 g/mol. The number of ether oxygens (including phenoxy) is 1. The Morgan fingerprint density at radius 3 is 2.42 bits per heavy atom. The van der Waals surface area contributed by atoms with Crippen molar-refractivity contribution in [2.75, 3.05) is 18.1 Å². The van der Waals surface area contributed by atoms with E-state index in [0.29, 0.717) is 10.6 Å². The number of primary amides is 1. The Balaban J connectivity index is 2.01. The van der Waals surface area contributed by atoms with Gasteiger partial charge in [-0.15, -0.1) is 11.3 Å². The van der Waals surface area contributed by atoms with E-state index in [1.807, 2.05) is 6.07 Å². The van der Waals surface area contributed by atoms with Crippen molar-refractivity contribution >= 4 is 50.7 Å². The Hall–Kier alpha value is -2.19. The lowest BCUT2D eigenvalue weighted by atomic mass is 10.2. The van der Waals surface area contributed by atoms with Gasteiger partial charge < -0.3 is 15.4 Å². The SMILES string of the molecule is NC(=O)CCN(C(=O)COC(=O)c1ccc(Br)s1)c1ccccc1. The highest BCUT2D eigenvalue weighted by atomic mass is 79.9. The molecule has 0 unspecified atom stereocenters. The molecule has 0 spiro atoms. The number of hydrogen-bond donors (Lipinski definition) is 1. The molecule has 2 N–H and O–H groups in total. The molecule has 2 rings (SSSR count). The molecule has 0 aliphatic carbocycles. The lowest BCUT2D eigenvalue weighted by Crippen LogP contribution is -2.37. The maximum Gasteiger partial charge on any atom is 0.348 e. The highest BCUT2D eigenvalue weighted by molar-refractivity contribution is 9.11. The number of hydrogen-bond acceptors (Lipinski definition) is 5. The van der Waals surface area contributed by atoms with Gasteiger partial charge in [0.2, 0.25) is 5.91 Å². The number of carbonyl (C=O) groups is 3. The molecule has 24 heavy (non-hydrogen) atoms. The highest BCUT2D eigenvalue weighted by Crippen LogP contribution is 2.22. The molecule has 1 aromatic heterocycles. The Bertz CT molecular complexity index is 733. The number of rotatable bonds is 7. The van der Waals surface area contributed by atoms with Crippen molar-refractivity contribution in [1.82, 2.24) is 0 Å². The molecule has 0 bridgehead atoms. The number of halogens is 1. The Kier molecular flexibility index (Phi) is 6.51. The number of nitrogens with two attached hydrogens (primary N) is 1. The summed E-state index contributed by atoms with van der Waals surface area (Å²) in [5, 5.41) is 0. The standard InChI is InChI=1S/C16H15BrN2O4S/c17-13-7-6-12(24-13)16(22)23-10-15(21)19(9-8-14(18)20)11-4-2-1-3-5-11/h1-7H,8-10H2,(H2,18,20). The summed E-state index contributed by atoms with van der Waals surface area (Å²) in [4.78, 5) is 37.1. The molecular formula is C16H15BrN2O4S. The lowest BCUT2D eigenvalue weighted by Gasteiger charge is -2.22. The number of amides is 2. The third-order valence-corrected chi connectivity index (χ3v) is 4.66. The second-order valence-corrected chi connectivity index (χ2v) is 7.24. The fourth-order valence-corrected chi connectivity index (χ4v) is 3.21. The van der Waals surface area contributed by atoms with Crippen molar-refractivity contribution in [3.05, 3.63) is 51.1 Å². The van der Waals surface area contributed by atoms with Crippen molar-refractivity contribution in [3.8, 4) is 0 Å². The Morgan fingerprint density at radius 2 is 1.83 bits per heavy atom. The van der Waals surface area contributed by atoms with E-state index in [4.69, 9.17) is 10.5 Å². The molecule has 8 heteroatoms. The van der Waals surface area contributed by atoms with E-state index in [-0.39, 0.29) is 13.0 Å². The summed E-state index contributed by atoms with van der Waals surface area (Å²) in [6.45, 7) is -0.289. The summed E-state index contributed by atoms with van der Waals surface area (Å²) >= 11 is 4.48. The maximum absolute atomic E-state index is 12.4. The van der Waals surface area contributed by atoms with Crippen molar-refractivity contribution < 1.29 is 19.1 Å². The Labute approximate surface area is 151 Å². The van der Waals surface area contributed by atoms with Crippen LogP contribution in [0, 0.1) is 0 Å². The van der Waals surface area contributed by atoms with Gasteiger partial charge in [-0.3, -0.25) is 9.59 Å². The third kappa shape index (κ3) is 5.17. The smallest absolute Gasteiger partial charge is 0.348 e. The van der Waals surface area contributed by atoms with E-state index in [2.05, 4.69) is 15.9 Å². The molecule has 0 fully saturated rings. The quantitative estimate of drug-likeness (QED) is 0.710. The van der Waals surface area contributed by atoms with Crippen LogP contribution in [0.2, 0.25) is 0 Å². The zero-order chi connectivity index (χ0) is 17.5. The minimum Gasteiger partial charge on any atom is -0.451 e. The van der Waals surface area contributed by atoms with E-state index in [0.717, 1.165) is 3.79 Å². The number of nitrogens with zero attached hydrogens (tertiary/aromatic N) is 1. The van der Waals surface area contributed by atoms with Crippen LogP contribution in [-0.2, 0) is 14.3 Å². The van der Waals surface area contributed by atoms with Crippen molar-refractivity contribution in [3.63, 3.8) is 0 Å². The van der Waals surface area contributed by atoms with Crippen LogP contribution in [0.1, 0.15) is 16.1 Å². The summed E-state index contributed by atoms with van der Waals surface area (Å²) in [5.74, 6) is -1.50. The van der Waals surface area contributed by atoms with Gasteiger partial charge in [-0.05, 0) is 40.2 Å². The summed E-state index contributed by atoms with van der Waals surface area (Å²) in [7, 11) is 0. The van der Waals surface area contributed by atoms with E-state index in [1.165, 1.54) is 16.2 Å². The largest absolute Gasteiger partial charge is 0.451 e. The molecule has 0 aliphatic rings. The van der Waals surface area contributed by atoms with Gasteiger partial charge in [0.05, 0.1) is 3.79 Å².